The molecular weight excluding hydrogens is 408 g/mol. The molecule has 4 rings (SSSR count). The number of nitrogens with zero attached hydrogens (tertiary/aromatic N) is 4. The molecular formula is C19H15BrN6O. The van der Waals surface area contributed by atoms with Crippen molar-refractivity contribution in [3.05, 3.63) is 71.4 Å². The minimum Gasteiger partial charge on any atom is -0.333 e. The lowest BCUT2D eigenvalue weighted by Crippen LogP contribution is -2.17. The molecule has 0 fully saturated rings. The lowest BCUT2D eigenvalue weighted by atomic mass is 10.1. The number of amides is 1. The molecule has 0 aliphatic heterocycles. The molecule has 2 aromatic heterocycles. The number of halogens is 1. The van der Waals surface area contributed by atoms with E-state index in [-0.39, 0.29) is 5.91 Å². The van der Waals surface area contributed by atoms with Crippen molar-refractivity contribution in [2.45, 2.75) is 6.54 Å². The first-order valence-corrected chi connectivity index (χ1v) is 9.01. The van der Waals surface area contributed by atoms with Gasteiger partial charge >= 0.3 is 0 Å². The molecule has 2 aromatic carbocycles. The molecule has 7 nitrogen and oxygen atoms in total. The average Bonchev–Trinajstić information content (AvgIpc) is 3.32. The van der Waals surface area contributed by atoms with E-state index >= 15 is 0 Å². The van der Waals surface area contributed by atoms with Gasteiger partial charge in [0.2, 0.25) is 0 Å². The fraction of sp³-hybridized carbons (Fsp3) is 0.0526. The second-order valence-corrected chi connectivity index (χ2v) is 6.80. The predicted octanol–water partition coefficient (Wildman–Crippen LogP) is 4.02. The Morgan fingerprint density at radius 2 is 2.11 bits per heavy atom. The second kappa shape index (κ2) is 7.16. The summed E-state index contributed by atoms with van der Waals surface area (Å²) < 4.78 is 2.79. The quantitative estimate of drug-likeness (QED) is 0.475. The van der Waals surface area contributed by atoms with Gasteiger partial charge in [0, 0.05) is 27.5 Å². The molecule has 1 amide bonds. The van der Waals surface area contributed by atoms with E-state index in [4.69, 9.17) is 0 Å². The van der Waals surface area contributed by atoms with Gasteiger partial charge in [-0.05, 0) is 40.8 Å². The monoisotopic (exact) mass is 422 g/mol. The zero-order valence-corrected chi connectivity index (χ0v) is 15.8. The predicted molar refractivity (Wildman–Crippen MR) is 107 cm³/mol. The number of rotatable bonds is 5. The second-order valence-electron chi connectivity index (χ2n) is 5.88. The standard InChI is InChI=1S/C19H15BrN6O/c1-2-9-26-16-6-4-3-5-12(16)10-17(26)19(27)21-15-8-7-13(20)11-14(15)18-22-24-25-23-18/h2-8,10-11H,1,9H2,(H,21,27)(H,22,23,24,25). The van der Waals surface area contributed by atoms with Gasteiger partial charge in [0.1, 0.15) is 5.69 Å². The van der Waals surface area contributed by atoms with Crippen molar-refractivity contribution in [1.29, 1.82) is 0 Å². The lowest BCUT2D eigenvalue weighted by Gasteiger charge is -2.12. The summed E-state index contributed by atoms with van der Waals surface area (Å²) in [6.45, 7) is 4.34. The molecule has 27 heavy (non-hydrogen) atoms. The number of hydrogen-bond donors (Lipinski definition) is 2. The number of carbonyl (C=O) groups excluding carboxylic acids is 1. The summed E-state index contributed by atoms with van der Waals surface area (Å²) >= 11 is 3.44. The third kappa shape index (κ3) is 3.26. The van der Waals surface area contributed by atoms with E-state index in [9.17, 15) is 4.79 Å². The molecule has 0 radical (unpaired) electrons. The van der Waals surface area contributed by atoms with Gasteiger partial charge in [-0.25, -0.2) is 5.10 Å². The largest absolute Gasteiger partial charge is 0.333 e. The molecule has 0 unspecified atom stereocenters. The van der Waals surface area contributed by atoms with Crippen LogP contribution in [0.1, 0.15) is 10.5 Å². The van der Waals surface area contributed by atoms with Crippen molar-refractivity contribution < 1.29 is 4.79 Å². The maximum absolute atomic E-state index is 13.0. The number of allylic oxidation sites excluding steroid dienone is 1. The molecule has 0 saturated carbocycles. The summed E-state index contributed by atoms with van der Waals surface area (Å²) in [5.74, 6) is 0.252. The van der Waals surface area contributed by atoms with Gasteiger partial charge in [-0.1, -0.05) is 40.2 Å². The molecule has 0 aliphatic rings. The molecule has 0 aliphatic carbocycles. The molecule has 0 spiro atoms. The average molecular weight is 423 g/mol. The highest BCUT2D eigenvalue weighted by atomic mass is 79.9. The Morgan fingerprint density at radius 3 is 2.89 bits per heavy atom. The first kappa shape index (κ1) is 17.2. The van der Waals surface area contributed by atoms with E-state index < -0.39 is 0 Å². The molecule has 4 aromatic rings. The summed E-state index contributed by atoms with van der Waals surface area (Å²) in [6.07, 6.45) is 1.77. The number of para-hydroxylation sites is 1. The highest BCUT2D eigenvalue weighted by Crippen LogP contribution is 2.29. The number of aromatic nitrogens is 5. The maximum Gasteiger partial charge on any atom is 0.272 e. The Bertz CT molecular complexity index is 1130. The smallest absolute Gasteiger partial charge is 0.272 e. The van der Waals surface area contributed by atoms with Gasteiger partial charge in [-0.2, -0.15) is 0 Å². The fourth-order valence-corrected chi connectivity index (χ4v) is 3.37. The van der Waals surface area contributed by atoms with E-state index in [1.165, 1.54) is 0 Å². The topological polar surface area (TPSA) is 88.5 Å². The number of nitrogens with one attached hydrogen (secondary N) is 2. The van der Waals surface area contributed by atoms with Gasteiger partial charge in [-0.15, -0.1) is 11.7 Å². The van der Waals surface area contributed by atoms with Crippen molar-refractivity contribution in [2.75, 3.05) is 5.32 Å². The normalized spacial score (nSPS) is 10.9. The van der Waals surface area contributed by atoms with Crippen molar-refractivity contribution in [1.82, 2.24) is 25.2 Å². The number of hydrogen-bond acceptors (Lipinski definition) is 4. The molecule has 2 heterocycles. The van der Waals surface area contributed by atoms with Crippen LogP contribution in [0.3, 0.4) is 0 Å². The van der Waals surface area contributed by atoms with Gasteiger partial charge < -0.3 is 9.88 Å². The van der Waals surface area contributed by atoms with Crippen LogP contribution in [0, 0.1) is 0 Å². The zero-order valence-electron chi connectivity index (χ0n) is 14.2. The summed E-state index contributed by atoms with van der Waals surface area (Å²) in [7, 11) is 0. The number of aromatic amines is 1. The van der Waals surface area contributed by atoms with Gasteiger partial charge in [0.25, 0.3) is 5.91 Å². The van der Waals surface area contributed by atoms with E-state index in [1.54, 1.807) is 12.1 Å². The summed E-state index contributed by atoms with van der Waals surface area (Å²) in [5, 5.41) is 17.9. The van der Waals surface area contributed by atoms with E-state index in [2.05, 4.69) is 48.4 Å². The van der Waals surface area contributed by atoms with Crippen molar-refractivity contribution >= 4 is 38.4 Å². The summed E-state index contributed by atoms with van der Waals surface area (Å²) in [5.41, 5.74) is 2.84. The highest BCUT2D eigenvalue weighted by molar-refractivity contribution is 9.10. The molecule has 0 saturated heterocycles. The van der Waals surface area contributed by atoms with Crippen LogP contribution in [-0.2, 0) is 6.54 Å². The number of benzene rings is 2. The van der Waals surface area contributed by atoms with Gasteiger partial charge in [0.15, 0.2) is 5.82 Å². The first-order valence-electron chi connectivity index (χ1n) is 8.21. The number of fused-ring (bicyclic) bond motifs is 1. The Morgan fingerprint density at radius 1 is 1.26 bits per heavy atom. The number of tetrazole rings is 1. The van der Waals surface area contributed by atoms with Crippen molar-refractivity contribution in [3.8, 4) is 11.4 Å². The van der Waals surface area contributed by atoms with Crippen LogP contribution < -0.4 is 5.32 Å². The number of anilines is 1. The van der Waals surface area contributed by atoms with Crippen molar-refractivity contribution in [3.63, 3.8) is 0 Å². The number of carbonyl (C=O) groups is 1. The van der Waals surface area contributed by atoms with Crippen LogP contribution in [-0.4, -0.2) is 31.1 Å². The minimum atomic E-state index is -0.218. The first-order chi connectivity index (χ1) is 13.2. The van der Waals surface area contributed by atoms with Crippen LogP contribution in [0.5, 0.6) is 0 Å². The van der Waals surface area contributed by atoms with Crippen LogP contribution in [0.15, 0.2) is 65.7 Å². The maximum atomic E-state index is 13.0. The molecule has 8 heteroatoms. The van der Waals surface area contributed by atoms with E-state index in [0.717, 1.165) is 15.4 Å². The molecule has 134 valence electrons. The molecule has 0 atom stereocenters. The Hall–Kier alpha value is -3.26. The SMILES string of the molecule is C=CCn1c(C(=O)Nc2ccc(Br)cc2-c2nnn[nH]2)cc2ccccc21. The van der Waals surface area contributed by atoms with Crippen LogP contribution in [0.4, 0.5) is 5.69 Å². The highest BCUT2D eigenvalue weighted by Gasteiger charge is 2.17. The Labute approximate surface area is 163 Å². The minimum absolute atomic E-state index is 0.218. The van der Waals surface area contributed by atoms with E-state index in [0.29, 0.717) is 29.3 Å². The molecule has 2 N–H and O–H groups in total. The Balaban J connectivity index is 1.75. The summed E-state index contributed by atoms with van der Waals surface area (Å²) in [4.78, 5) is 13.0. The van der Waals surface area contributed by atoms with Crippen molar-refractivity contribution in [2.24, 2.45) is 0 Å². The zero-order chi connectivity index (χ0) is 18.8. The lowest BCUT2D eigenvalue weighted by molar-refractivity contribution is 0.101. The summed E-state index contributed by atoms with van der Waals surface area (Å²) in [6, 6.07) is 15.2. The van der Waals surface area contributed by atoms with Gasteiger partial charge in [-0.3, -0.25) is 4.79 Å². The van der Waals surface area contributed by atoms with Crippen LogP contribution in [0.2, 0.25) is 0 Å². The van der Waals surface area contributed by atoms with Crippen LogP contribution >= 0.6 is 15.9 Å². The fourth-order valence-electron chi connectivity index (χ4n) is 3.01. The Kier molecular flexibility index (Phi) is 4.55. The van der Waals surface area contributed by atoms with Gasteiger partial charge in [0.05, 0.1) is 5.69 Å². The van der Waals surface area contributed by atoms with E-state index in [1.807, 2.05) is 47.0 Å². The third-order valence-electron chi connectivity index (χ3n) is 4.19. The number of H-pyrrole nitrogens is 1. The molecule has 0 bridgehead atoms. The van der Waals surface area contributed by atoms with Crippen LogP contribution in [0.25, 0.3) is 22.3 Å². The third-order valence-corrected chi connectivity index (χ3v) is 4.68.